The van der Waals surface area contributed by atoms with Crippen LogP contribution in [0.3, 0.4) is 0 Å². The van der Waals surface area contributed by atoms with E-state index in [0.29, 0.717) is 19.4 Å². The molecule has 4 atom stereocenters. The van der Waals surface area contributed by atoms with Gasteiger partial charge in [-0.2, -0.15) is 12.6 Å². The molecule has 0 aromatic heterocycles. The van der Waals surface area contributed by atoms with E-state index in [9.17, 15) is 33.9 Å². The van der Waals surface area contributed by atoms with Crippen LogP contribution in [0.4, 0.5) is 0 Å². The van der Waals surface area contributed by atoms with Crippen LogP contribution in [-0.2, 0) is 28.8 Å². The summed E-state index contributed by atoms with van der Waals surface area (Å²) < 4.78 is 0. The van der Waals surface area contributed by atoms with Crippen molar-refractivity contribution < 1.29 is 44.1 Å². The molecule has 0 aromatic carbocycles. The summed E-state index contributed by atoms with van der Waals surface area (Å²) in [5, 5.41) is 33.7. The molecular formula is C19H33N5O9S. The van der Waals surface area contributed by atoms with Crippen LogP contribution in [0.25, 0.3) is 0 Å². The van der Waals surface area contributed by atoms with Gasteiger partial charge in [-0.1, -0.05) is 0 Å². The van der Waals surface area contributed by atoms with Crippen LogP contribution in [0, 0.1) is 0 Å². The molecule has 0 radical (unpaired) electrons. The van der Waals surface area contributed by atoms with Crippen LogP contribution >= 0.6 is 12.6 Å². The van der Waals surface area contributed by atoms with Gasteiger partial charge in [-0.25, -0.2) is 4.79 Å². The number of carboxylic acid groups (broad SMARTS) is 3. The molecule has 0 aliphatic carbocycles. The third kappa shape index (κ3) is 13.0. The molecule has 0 saturated carbocycles. The molecule has 194 valence electrons. The maximum Gasteiger partial charge on any atom is 0.326 e. The van der Waals surface area contributed by atoms with Gasteiger partial charge in [0, 0.05) is 18.6 Å². The Labute approximate surface area is 201 Å². The summed E-state index contributed by atoms with van der Waals surface area (Å²) in [6.07, 6.45) is -0.306. The van der Waals surface area contributed by atoms with E-state index in [1.807, 2.05) is 0 Å². The van der Waals surface area contributed by atoms with Crippen molar-refractivity contribution in [1.82, 2.24) is 16.0 Å². The number of nitrogens with two attached hydrogens (primary N) is 2. The van der Waals surface area contributed by atoms with Crippen molar-refractivity contribution in [2.75, 3.05) is 12.3 Å². The van der Waals surface area contributed by atoms with Gasteiger partial charge in [-0.05, 0) is 38.6 Å². The monoisotopic (exact) mass is 507 g/mol. The van der Waals surface area contributed by atoms with Gasteiger partial charge in [-0.3, -0.25) is 24.0 Å². The normalized spacial score (nSPS) is 14.2. The van der Waals surface area contributed by atoms with E-state index in [4.69, 9.17) is 21.7 Å². The fourth-order valence-corrected chi connectivity index (χ4v) is 2.97. The molecule has 0 aliphatic heterocycles. The number of aliphatic carboxylic acids is 3. The second-order valence-corrected chi connectivity index (χ2v) is 7.83. The predicted molar refractivity (Wildman–Crippen MR) is 122 cm³/mol. The second kappa shape index (κ2) is 16.7. The largest absolute Gasteiger partial charge is 0.481 e. The van der Waals surface area contributed by atoms with Crippen LogP contribution in [-0.4, -0.2) is 87.4 Å². The van der Waals surface area contributed by atoms with E-state index in [-0.39, 0.29) is 31.4 Å². The van der Waals surface area contributed by atoms with Crippen molar-refractivity contribution in [2.45, 2.75) is 69.1 Å². The van der Waals surface area contributed by atoms with Crippen LogP contribution in [0.5, 0.6) is 0 Å². The van der Waals surface area contributed by atoms with E-state index in [1.54, 1.807) is 0 Å². The van der Waals surface area contributed by atoms with E-state index in [2.05, 4.69) is 28.6 Å². The topological polar surface area (TPSA) is 251 Å². The molecule has 15 heteroatoms. The van der Waals surface area contributed by atoms with Gasteiger partial charge in [0.05, 0.1) is 6.04 Å². The first-order valence-corrected chi connectivity index (χ1v) is 11.2. The van der Waals surface area contributed by atoms with Gasteiger partial charge in [0.25, 0.3) is 0 Å². The number of rotatable bonds is 18. The van der Waals surface area contributed by atoms with Crippen LogP contribution in [0.1, 0.15) is 44.9 Å². The van der Waals surface area contributed by atoms with Crippen molar-refractivity contribution in [3.63, 3.8) is 0 Å². The molecule has 0 spiro atoms. The number of carboxylic acids is 3. The summed E-state index contributed by atoms with van der Waals surface area (Å²) in [6, 6.07) is -5.06. The number of carbonyl (C=O) groups excluding carboxylic acids is 3. The first-order chi connectivity index (χ1) is 15.9. The quantitative estimate of drug-likeness (QED) is 0.0700. The number of hydrogen-bond acceptors (Lipinski definition) is 9. The Morgan fingerprint density at radius 3 is 1.71 bits per heavy atom. The Bertz CT molecular complexity index is 737. The standard InChI is InChI=1S/C19H33N5O9S/c20-8-2-1-3-11(17(30)23-12(19(32)33)5-7-15(27)28)22-18(31)13(9-34)24-16(29)10(21)4-6-14(25)26/h10-13,34H,1-9,20-21H2,(H,22,31)(H,23,30)(H,24,29)(H,25,26)(H,27,28)(H,32,33). The Hall–Kier alpha value is -2.91. The Kier molecular flexibility index (Phi) is 15.2. The molecule has 3 amide bonds. The minimum Gasteiger partial charge on any atom is -0.481 e. The van der Waals surface area contributed by atoms with Crippen molar-refractivity contribution in [3.05, 3.63) is 0 Å². The highest BCUT2D eigenvalue weighted by atomic mass is 32.1. The highest BCUT2D eigenvalue weighted by molar-refractivity contribution is 7.80. The number of amides is 3. The highest BCUT2D eigenvalue weighted by Gasteiger charge is 2.30. The van der Waals surface area contributed by atoms with Crippen LogP contribution in [0.2, 0.25) is 0 Å². The summed E-state index contributed by atoms with van der Waals surface area (Å²) >= 11 is 4.01. The molecule has 0 fully saturated rings. The zero-order chi connectivity index (χ0) is 26.3. The van der Waals surface area contributed by atoms with Crippen molar-refractivity contribution in [3.8, 4) is 0 Å². The lowest BCUT2D eigenvalue weighted by atomic mass is 10.1. The Balaban J connectivity index is 5.26. The van der Waals surface area contributed by atoms with E-state index < -0.39 is 66.2 Å². The second-order valence-electron chi connectivity index (χ2n) is 7.46. The fraction of sp³-hybridized carbons (Fsp3) is 0.684. The zero-order valence-electron chi connectivity index (χ0n) is 18.6. The van der Waals surface area contributed by atoms with Crippen molar-refractivity contribution in [1.29, 1.82) is 0 Å². The Morgan fingerprint density at radius 1 is 0.706 bits per heavy atom. The molecular weight excluding hydrogens is 474 g/mol. The first kappa shape index (κ1) is 31.1. The smallest absolute Gasteiger partial charge is 0.326 e. The molecule has 14 nitrogen and oxygen atoms in total. The average Bonchev–Trinajstić information content (AvgIpc) is 2.76. The number of nitrogens with one attached hydrogen (secondary N) is 3. The molecule has 10 N–H and O–H groups in total. The molecule has 0 heterocycles. The summed E-state index contributed by atoms with van der Waals surface area (Å²) in [5.74, 6) is -6.39. The Morgan fingerprint density at radius 2 is 1.21 bits per heavy atom. The lowest BCUT2D eigenvalue weighted by Gasteiger charge is -2.24. The number of hydrogen-bond donors (Lipinski definition) is 9. The lowest BCUT2D eigenvalue weighted by Crippen LogP contribution is -2.57. The molecule has 0 saturated heterocycles. The summed E-state index contributed by atoms with van der Waals surface area (Å²) in [4.78, 5) is 70.2. The maximum absolute atomic E-state index is 12.7. The molecule has 4 unspecified atom stereocenters. The van der Waals surface area contributed by atoms with Crippen LogP contribution in [0.15, 0.2) is 0 Å². The molecule has 0 aromatic rings. The van der Waals surface area contributed by atoms with Crippen molar-refractivity contribution >= 4 is 48.3 Å². The van der Waals surface area contributed by atoms with Gasteiger partial charge in [0.15, 0.2) is 0 Å². The van der Waals surface area contributed by atoms with Gasteiger partial charge >= 0.3 is 17.9 Å². The minimum atomic E-state index is -1.48. The fourth-order valence-electron chi connectivity index (χ4n) is 2.71. The van der Waals surface area contributed by atoms with E-state index in [0.717, 1.165) is 0 Å². The van der Waals surface area contributed by atoms with E-state index in [1.165, 1.54) is 0 Å². The van der Waals surface area contributed by atoms with Gasteiger partial charge in [0.1, 0.15) is 18.1 Å². The van der Waals surface area contributed by atoms with Gasteiger partial charge in [0.2, 0.25) is 17.7 Å². The SMILES string of the molecule is NCCCCC(NC(=O)C(CS)NC(=O)C(N)CCC(=O)O)C(=O)NC(CCC(=O)O)C(=O)O. The number of unbranched alkanes of at least 4 members (excludes halogenated alkanes) is 1. The molecule has 0 aliphatic rings. The van der Waals surface area contributed by atoms with E-state index >= 15 is 0 Å². The average molecular weight is 508 g/mol. The summed E-state index contributed by atoms with van der Waals surface area (Å²) in [6.45, 7) is 0.322. The highest BCUT2D eigenvalue weighted by Crippen LogP contribution is 2.06. The number of carbonyl (C=O) groups is 6. The summed E-state index contributed by atoms with van der Waals surface area (Å²) in [5.41, 5.74) is 11.1. The third-order valence-electron chi connectivity index (χ3n) is 4.66. The van der Waals surface area contributed by atoms with Crippen molar-refractivity contribution in [2.24, 2.45) is 11.5 Å². The molecule has 34 heavy (non-hydrogen) atoms. The molecule has 0 bridgehead atoms. The third-order valence-corrected chi connectivity index (χ3v) is 5.03. The van der Waals surface area contributed by atoms with Gasteiger partial charge in [-0.15, -0.1) is 0 Å². The van der Waals surface area contributed by atoms with Gasteiger partial charge < -0.3 is 42.7 Å². The lowest BCUT2D eigenvalue weighted by molar-refractivity contribution is -0.143. The maximum atomic E-state index is 12.7. The minimum absolute atomic E-state index is 0.103. The number of thiol groups is 1. The predicted octanol–water partition coefficient (Wildman–Crippen LogP) is -2.36. The zero-order valence-corrected chi connectivity index (χ0v) is 19.5. The first-order valence-electron chi connectivity index (χ1n) is 10.6. The summed E-state index contributed by atoms with van der Waals surface area (Å²) in [7, 11) is 0. The molecule has 0 rings (SSSR count). The van der Waals surface area contributed by atoms with Crippen LogP contribution < -0.4 is 27.4 Å².